The summed E-state index contributed by atoms with van der Waals surface area (Å²) in [6.45, 7) is 5.43. The summed E-state index contributed by atoms with van der Waals surface area (Å²) < 4.78 is 68.2. The zero-order valence-electron chi connectivity index (χ0n) is 19.3. The van der Waals surface area contributed by atoms with E-state index in [1.807, 2.05) is 47.6 Å². The Kier molecular flexibility index (Phi) is 6.52. The Balaban J connectivity index is 1.85. The van der Waals surface area contributed by atoms with Crippen LogP contribution in [0.25, 0.3) is 5.78 Å². The number of anilines is 1. The Morgan fingerprint density at radius 3 is 2.76 bits per heavy atom. The molecule has 0 radical (unpaired) electrons. The van der Waals surface area contributed by atoms with E-state index in [2.05, 4.69) is 9.97 Å². The summed E-state index contributed by atoms with van der Waals surface area (Å²) in [5, 5.41) is 0. The Bertz CT molecular complexity index is 1280. The molecule has 1 aliphatic rings. The number of hydrogen-bond donors (Lipinski definition) is 1. The van der Waals surface area contributed by atoms with Gasteiger partial charge in [-0.2, -0.15) is 17.5 Å². The van der Waals surface area contributed by atoms with Gasteiger partial charge in [0.1, 0.15) is 0 Å². The third kappa shape index (κ3) is 4.58. The van der Waals surface area contributed by atoms with Gasteiger partial charge in [-0.25, -0.2) is 13.4 Å². The first-order valence-corrected chi connectivity index (χ1v) is 12.5. The molecule has 1 unspecified atom stereocenters. The fourth-order valence-corrected chi connectivity index (χ4v) is 5.43. The predicted molar refractivity (Wildman–Crippen MR) is 125 cm³/mol. The normalized spacial score (nSPS) is 18.4. The van der Waals surface area contributed by atoms with Crippen LogP contribution in [0, 0.1) is 6.92 Å². The van der Waals surface area contributed by atoms with Gasteiger partial charge in [-0.1, -0.05) is 37.1 Å². The Morgan fingerprint density at radius 2 is 2.09 bits per heavy atom. The van der Waals surface area contributed by atoms with Crippen LogP contribution in [0.1, 0.15) is 43.5 Å². The zero-order chi connectivity index (χ0) is 24.7. The molecule has 0 saturated heterocycles. The minimum atomic E-state index is -5.52. The van der Waals surface area contributed by atoms with Crippen LogP contribution in [0.15, 0.2) is 48.4 Å². The highest BCUT2D eigenvalue weighted by Gasteiger charge is 2.51. The lowest BCUT2D eigenvalue weighted by molar-refractivity contribution is -0.0491. The van der Waals surface area contributed by atoms with Gasteiger partial charge in [0.15, 0.2) is 0 Å². The summed E-state index contributed by atoms with van der Waals surface area (Å²) in [6.07, 6.45) is 8.90. The number of alkyl halides is 3. The average Bonchev–Trinajstić information content (AvgIpc) is 3.29. The largest absolute Gasteiger partial charge is 0.511 e. The van der Waals surface area contributed by atoms with Crippen LogP contribution in [-0.4, -0.2) is 45.2 Å². The van der Waals surface area contributed by atoms with Gasteiger partial charge >= 0.3 is 15.5 Å². The second-order valence-electron chi connectivity index (χ2n) is 8.71. The molecule has 3 aromatic rings. The van der Waals surface area contributed by atoms with Gasteiger partial charge in [0.2, 0.25) is 5.78 Å². The number of rotatable bonds is 6. The molecule has 0 spiro atoms. The fraction of sp³-hybridized carbons (Fsp3) is 0.435. The maximum Gasteiger partial charge on any atom is 0.511 e. The number of halogens is 3. The van der Waals surface area contributed by atoms with Gasteiger partial charge in [0.25, 0.3) is 0 Å². The molecule has 184 valence electrons. The van der Waals surface area contributed by atoms with E-state index in [-0.39, 0.29) is 13.1 Å². The molecule has 0 amide bonds. The lowest BCUT2D eigenvalue weighted by Gasteiger charge is -2.32. The number of fused-ring (bicyclic) bond motifs is 2. The molecule has 3 heterocycles. The molecule has 0 bridgehead atoms. The topological polar surface area (TPSA) is 73.7 Å². The lowest BCUT2D eigenvalue weighted by Crippen LogP contribution is -2.46. The van der Waals surface area contributed by atoms with Gasteiger partial charge in [0, 0.05) is 37.4 Å². The van der Waals surface area contributed by atoms with E-state index in [1.54, 1.807) is 25.4 Å². The standard InChI is InChI=1S/C23H28F3N5O2S/c1-4-6-16(2)11-19-14-30(34(32,33)23(24,25)26)15-20-17(3)7-5-8-21(20)31(19)13-18-12-29-10-9-27-22(29)28-18/h5,7-12,19H,4,6,13-15H2,1-3H3,(H,27,28)/b16-11+. The molecular formula is C23H28F3N5O2S. The number of nitrogens with zero attached hydrogens (tertiary/aromatic N) is 4. The number of aryl methyl sites for hydroxylation is 1. The summed E-state index contributed by atoms with van der Waals surface area (Å²) in [5.74, 6) is 0.657. The molecule has 11 heteroatoms. The van der Waals surface area contributed by atoms with Gasteiger partial charge in [-0.05, 0) is 37.5 Å². The molecule has 0 fully saturated rings. The van der Waals surface area contributed by atoms with Gasteiger partial charge in [-0.15, -0.1) is 0 Å². The van der Waals surface area contributed by atoms with Crippen molar-refractivity contribution >= 4 is 21.5 Å². The highest BCUT2D eigenvalue weighted by atomic mass is 32.2. The molecule has 4 rings (SSSR count). The van der Waals surface area contributed by atoms with Crippen LogP contribution in [0.2, 0.25) is 0 Å². The molecule has 34 heavy (non-hydrogen) atoms. The first-order valence-electron chi connectivity index (χ1n) is 11.1. The summed E-state index contributed by atoms with van der Waals surface area (Å²) in [5.41, 5.74) is -1.54. The summed E-state index contributed by atoms with van der Waals surface area (Å²) in [4.78, 5) is 9.45. The summed E-state index contributed by atoms with van der Waals surface area (Å²) in [6, 6.07) is 4.88. The average molecular weight is 496 g/mol. The molecule has 1 aliphatic heterocycles. The number of allylic oxidation sites excluding steroid dienone is 1. The van der Waals surface area contributed by atoms with Crippen LogP contribution < -0.4 is 4.90 Å². The Hall–Kier alpha value is -2.79. The number of sulfonamides is 1. The number of aromatic nitrogens is 3. The lowest BCUT2D eigenvalue weighted by atomic mass is 10.0. The second-order valence-corrected chi connectivity index (χ2v) is 10.6. The molecular weight excluding hydrogens is 467 g/mol. The van der Waals surface area contributed by atoms with E-state index in [1.165, 1.54) is 0 Å². The summed E-state index contributed by atoms with van der Waals surface area (Å²) >= 11 is 0. The van der Waals surface area contributed by atoms with E-state index in [0.29, 0.717) is 22.2 Å². The predicted octanol–water partition coefficient (Wildman–Crippen LogP) is 4.76. The minimum absolute atomic E-state index is 0.311. The van der Waals surface area contributed by atoms with E-state index < -0.39 is 21.6 Å². The fourth-order valence-electron chi connectivity index (χ4n) is 4.49. The van der Waals surface area contributed by atoms with Gasteiger partial charge in [-0.3, -0.25) is 4.40 Å². The Morgan fingerprint density at radius 1 is 1.32 bits per heavy atom. The Labute approximate surface area is 196 Å². The van der Waals surface area contributed by atoms with Crippen LogP contribution in [-0.2, 0) is 23.1 Å². The monoisotopic (exact) mass is 495 g/mol. The number of nitrogens with one attached hydrogen (secondary N) is 1. The van der Waals surface area contributed by atoms with Gasteiger partial charge < -0.3 is 9.88 Å². The smallest absolute Gasteiger partial charge is 0.358 e. The third-order valence-corrected chi connectivity index (χ3v) is 7.69. The molecule has 1 aromatic carbocycles. The number of benzene rings is 1. The van der Waals surface area contributed by atoms with Crippen LogP contribution in [0.3, 0.4) is 0 Å². The van der Waals surface area contributed by atoms with Crippen molar-refractivity contribution in [3.63, 3.8) is 0 Å². The number of hydrogen-bond acceptors (Lipinski definition) is 4. The van der Waals surface area contributed by atoms with Crippen molar-refractivity contribution < 1.29 is 21.6 Å². The van der Waals surface area contributed by atoms with Crippen molar-refractivity contribution in [2.75, 3.05) is 11.4 Å². The van der Waals surface area contributed by atoms with Crippen molar-refractivity contribution in [1.29, 1.82) is 0 Å². The zero-order valence-corrected chi connectivity index (χ0v) is 20.1. The summed E-state index contributed by atoms with van der Waals surface area (Å²) in [7, 11) is -5.52. The molecule has 2 aromatic heterocycles. The van der Waals surface area contributed by atoms with E-state index in [4.69, 9.17) is 0 Å². The van der Waals surface area contributed by atoms with E-state index in [9.17, 15) is 21.6 Å². The quantitative estimate of drug-likeness (QED) is 0.501. The first-order chi connectivity index (χ1) is 16.0. The molecule has 1 N–H and O–H groups in total. The van der Waals surface area contributed by atoms with Crippen molar-refractivity contribution in [3.8, 4) is 0 Å². The SMILES string of the molecule is CCC/C(C)=C/C1CN(S(=O)(=O)C(F)(F)F)Cc2c(C)cccc2N1Cc1cn2ccnc2[nH]1. The molecule has 0 aliphatic carbocycles. The molecule has 0 saturated carbocycles. The highest BCUT2D eigenvalue weighted by molar-refractivity contribution is 7.89. The number of imidazole rings is 2. The first kappa shape index (κ1) is 24.3. The number of H-pyrrole nitrogens is 1. The van der Waals surface area contributed by atoms with Crippen molar-refractivity contribution in [2.45, 2.75) is 58.3 Å². The molecule has 7 nitrogen and oxygen atoms in total. The highest BCUT2D eigenvalue weighted by Crippen LogP contribution is 2.36. The van der Waals surface area contributed by atoms with Crippen LogP contribution >= 0.6 is 0 Å². The van der Waals surface area contributed by atoms with Gasteiger partial charge in [0.05, 0.1) is 18.3 Å². The molecule has 1 atom stereocenters. The number of aromatic amines is 1. The minimum Gasteiger partial charge on any atom is -0.358 e. The maximum absolute atomic E-state index is 13.6. The van der Waals surface area contributed by atoms with E-state index in [0.717, 1.165) is 35.4 Å². The maximum atomic E-state index is 13.6. The van der Waals surface area contributed by atoms with E-state index >= 15 is 0 Å². The third-order valence-electron chi connectivity index (χ3n) is 6.15. The van der Waals surface area contributed by atoms with Crippen molar-refractivity contribution in [2.24, 2.45) is 0 Å². The second kappa shape index (κ2) is 9.10. The van der Waals surface area contributed by atoms with Crippen LogP contribution in [0.4, 0.5) is 18.9 Å². The van der Waals surface area contributed by atoms with Crippen molar-refractivity contribution in [1.82, 2.24) is 18.7 Å². The van der Waals surface area contributed by atoms with Crippen LogP contribution in [0.5, 0.6) is 0 Å². The van der Waals surface area contributed by atoms with Crippen molar-refractivity contribution in [3.05, 3.63) is 65.3 Å².